The van der Waals surface area contributed by atoms with Crippen LogP contribution in [-0.4, -0.2) is 31.6 Å². The van der Waals surface area contributed by atoms with Crippen LogP contribution in [-0.2, 0) is 6.54 Å². The second-order valence-electron chi connectivity index (χ2n) is 6.07. The Labute approximate surface area is 123 Å². The molecule has 2 N–H and O–H groups in total. The van der Waals surface area contributed by atoms with Crippen molar-refractivity contribution in [1.82, 2.24) is 4.90 Å². The van der Waals surface area contributed by atoms with Crippen LogP contribution < -0.4 is 10.5 Å². The molecule has 2 rings (SSSR count). The van der Waals surface area contributed by atoms with Crippen molar-refractivity contribution < 1.29 is 4.74 Å². The number of benzene rings is 1. The van der Waals surface area contributed by atoms with E-state index >= 15 is 0 Å². The largest absolute Gasteiger partial charge is 0.496 e. The number of hydrogen-bond donors (Lipinski definition) is 1. The van der Waals surface area contributed by atoms with Gasteiger partial charge in [-0.2, -0.15) is 0 Å². The SMILES string of the molecule is COc1ccccc1CN(C)CC1CCCCCC1N. The van der Waals surface area contributed by atoms with E-state index in [0.29, 0.717) is 12.0 Å². The van der Waals surface area contributed by atoms with Gasteiger partial charge in [-0.15, -0.1) is 0 Å². The summed E-state index contributed by atoms with van der Waals surface area (Å²) in [5.41, 5.74) is 7.58. The van der Waals surface area contributed by atoms with Gasteiger partial charge in [0.15, 0.2) is 0 Å². The van der Waals surface area contributed by atoms with Crippen LogP contribution in [0.15, 0.2) is 24.3 Å². The molecule has 0 aliphatic heterocycles. The van der Waals surface area contributed by atoms with E-state index in [9.17, 15) is 0 Å². The Hall–Kier alpha value is -1.06. The molecule has 0 aromatic heterocycles. The summed E-state index contributed by atoms with van der Waals surface area (Å²) in [4.78, 5) is 2.38. The predicted octanol–water partition coefficient (Wildman–Crippen LogP) is 3.03. The Balaban J connectivity index is 1.92. The third kappa shape index (κ3) is 4.22. The first-order chi connectivity index (χ1) is 9.70. The van der Waals surface area contributed by atoms with E-state index in [4.69, 9.17) is 10.5 Å². The molecule has 2 atom stereocenters. The molecular weight excluding hydrogens is 248 g/mol. The number of nitrogens with zero attached hydrogens (tertiary/aromatic N) is 1. The summed E-state index contributed by atoms with van der Waals surface area (Å²) in [5, 5.41) is 0. The molecule has 0 bridgehead atoms. The molecule has 1 aromatic carbocycles. The summed E-state index contributed by atoms with van der Waals surface area (Å²) in [7, 11) is 3.92. The van der Waals surface area contributed by atoms with Gasteiger partial charge in [0.25, 0.3) is 0 Å². The molecule has 1 saturated carbocycles. The first-order valence-corrected chi connectivity index (χ1v) is 7.76. The van der Waals surface area contributed by atoms with Gasteiger partial charge in [0.05, 0.1) is 7.11 Å². The zero-order chi connectivity index (χ0) is 14.4. The summed E-state index contributed by atoms with van der Waals surface area (Å²) < 4.78 is 5.43. The number of ether oxygens (including phenoxy) is 1. The van der Waals surface area contributed by atoms with E-state index in [0.717, 1.165) is 18.8 Å². The minimum Gasteiger partial charge on any atom is -0.496 e. The standard InChI is InChI=1S/C17H28N2O/c1-19(12-14-8-4-3-5-10-16(14)18)13-15-9-6-7-11-17(15)20-2/h6-7,9,11,14,16H,3-5,8,10,12-13,18H2,1-2H3. The first kappa shape index (κ1) is 15.3. The molecule has 1 aliphatic rings. The third-order valence-electron chi connectivity index (χ3n) is 4.40. The Morgan fingerprint density at radius 1 is 1.20 bits per heavy atom. The molecule has 0 radical (unpaired) electrons. The third-order valence-corrected chi connectivity index (χ3v) is 4.40. The van der Waals surface area contributed by atoms with Crippen LogP contribution >= 0.6 is 0 Å². The van der Waals surface area contributed by atoms with E-state index in [1.165, 1.54) is 37.7 Å². The van der Waals surface area contributed by atoms with Crippen LogP contribution in [0.5, 0.6) is 5.75 Å². The Kier molecular flexibility index (Phi) is 5.86. The number of methoxy groups -OCH3 is 1. The highest BCUT2D eigenvalue weighted by Gasteiger charge is 2.21. The normalized spacial score (nSPS) is 23.6. The highest BCUT2D eigenvalue weighted by atomic mass is 16.5. The minimum atomic E-state index is 0.373. The molecule has 1 aromatic rings. The fourth-order valence-corrected chi connectivity index (χ4v) is 3.23. The molecule has 0 saturated heterocycles. The van der Waals surface area contributed by atoms with E-state index in [2.05, 4.69) is 24.1 Å². The predicted molar refractivity (Wildman–Crippen MR) is 83.9 cm³/mol. The van der Waals surface area contributed by atoms with E-state index in [1.807, 2.05) is 12.1 Å². The summed E-state index contributed by atoms with van der Waals surface area (Å²) in [6, 6.07) is 8.63. The topological polar surface area (TPSA) is 38.5 Å². The van der Waals surface area contributed by atoms with Crippen molar-refractivity contribution >= 4 is 0 Å². The minimum absolute atomic E-state index is 0.373. The van der Waals surface area contributed by atoms with Gasteiger partial charge in [0, 0.05) is 24.7 Å². The molecule has 0 amide bonds. The number of hydrogen-bond acceptors (Lipinski definition) is 3. The maximum Gasteiger partial charge on any atom is 0.123 e. The fourth-order valence-electron chi connectivity index (χ4n) is 3.23. The molecule has 0 heterocycles. The van der Waals surface area contributed by atoms with Crippen molar-refractivity contribution in [2.45, 2.75) is 44.7 Å². The van der Waals surface area contributed by atoms with Gasteiger partial charge in [-0.3, -0.25) is 0 Å². The second kappa shape index (κ2) is 7.65. The van der Waals surface area contributed by atoms with Gasteiger partial charge < -0.3 is 15.4 Å². The summed E-state index contributed by atoms with van der Waals surface area (Å²) in [5.74, 6) is 1.61. The van der Waals surface area contributed by atoms with Crippen molar-refractivity contribution in [3.63, 3.8) is 0 Å². The molecule has 0 spiro atoms. The average Bonchev–Trinajstić information content (AvgIpc) is 2.65. The average molecular weight is 276 g/mol. The lowest BCUT2D eigenvalue weighted by atomic mass is 9.95. The molecular formula is C17H28N2O. The van der Waals surface area contributed by atoms with E-state index in [-0.39, 0.29) is 0 Å². The number of para-hydroxylation sites is 1. The smallest absolute Gasteiger partial charge is 0.123 e. The molecule has 3 heteroatoms. The summed E-state index contributed by atoms with van der Waals surface area (Å²) in [6.07, 6.45) is 6.44. The zero-order valence-corrected chi connectivity index (χ0v) is 12.8. The van der Waals surface area contributed by atoms with Crippen LogP contribution in [0.1, 0.15) is 37.7 Å². The molecule has 1 aliphatic carbocycles. The molecule has 2 unspecified atom stereocenters. The van der Waals surface area contributed by atoms with Crippen molar-refractivity contribution in [2.24, 2.45) is 11.7 Å². The van der Waals surface area contributed by atoms with Crippen LogP contribution in [0.2, 0.25) is 0 Å². The van der Waals surface area contributed by atoms with Gasteiger partial charge in [-0.1, -0.05) is 37.5 Å². The van der Waals surface area contributed by atoms with Crippen molar-refractivity contribution in [3.8, 4) is 5.75 Å². The quantitative estimate of drug-likeness (QED) is 0.840. The Morgan fingerprint density at radius 2 is 1.95 bits per heavy atom. The van der Waals surface area contributed by atoms with Gasteiger partial charge >= 0.3 is 0 Å². The zero-order valence-electron chi connectivity index (χ0n) is 12.8. The van der Waals surface area contributed by atoms with Gasteiger partial charge in [-0.05, 0) is 31.9 Å². The first-order valence-electron chi connectivity index (χ1n) is 7.76. The van der Waals surface area contributed by atoms with Crippen LogP contribution in [0.25, 0.3) is 0 Å². The Bertz CT molecular complexity index is 408. The highest BCUT2D eigenvalue weighted by Crippen LogP contribution is 2.24. The summed E-state index contributed by atoms with van der Waals surface area (Å²) >= 11 is 0. The number of rotatable bonds is 5. The lowest BCUT2D eigenvalue weighted by Crippen LogP contribution is -2.37. The number of nitrogens with two attached hydrogens (primary N) is 1. The molecule has 3 nitrogen and oxygen atoms in total. The molecule has 112 valence electrons. The van der Waals surface area contributed by atoms with Gasteiger partial charge in [-0.25, -0.2) is 0 Å². The van der Waals surface area contributed by atoms with Crippen LogP contribution in [0, 0.1) is 5.92 Å². The van der Waals surface area contributed by atoms with Crippen molar-refractivity contribution in [3.05, 3.63) is 29.8 Å². The molecule has 1 fully saturated rings. The van der Waals surface area contributed by atoms with Crippen molar-refractivity contribution in [2.75, 3.05) is 20.7 Å². The second-order valence-corrected chi connectivity index (χ2v) is 6.07. The van der Waals surface area contributed by atoms with E-state index < -0.39 is 0 Å². The van der Waals surface area contributed by atoms with E-state index in [1.54, 1.807) is 7.11 Å². The van der Waals surface area contributed by atoms with Crippen LogP contribution in [0.4, 0.5) is 0 Å². The fraction of sp³-hybridized carbons (Fsp3) is 0.647. The maximum atomic E-state index is 6.33. The molecule has 20 heavy (non-hydrogen) atoms. The highest BCUT2D eigenvalue weighted by molar-refractivity contribution is 5.32. The van der Waals surface area contributed by atoms with Crippen LogP contribution in [0.3, 0.4) is 0 Å². The lowest BCUT2D eigenvalue weighted by molar-refractivity contribution is 0.234. The monoisotopic (exact) mass is 276 g/mol. The Morgan fingerprint density at radius 3 is 2.75 bits per heavy atom. The maximum absolute atomic E-state index is 6.33. The lowest BCUT2D eigenvalue weighted by Gasteiger charge is -2.27. The van der Waals surface area contributed by atoms with Gasteiger partial charge in [0.1, 0.15) is 5.75 Å². The summed E-state index contributed by atoms with van der Waals surface area (Å²) in [6.45, 7) is 2.01. The van der Waals surface area contributed by atoms with Crippen molar-refractivity contribution in [1.29, 1.82) is 0 Å². The van der Waals surface area contributed by atoms with Gasteiger partial charge in [0.2, 0.25) is 0 Å².